The first-order chi connectivity index (χ1) is 13.8. The molecule has 3 N–H and O–H groups in total. The molecular formula is C22H32Cl2N6O. The third kappa shape index (κ3) is 7.09. The Balaban J connectivity index is 0.00000240. The second-order valence-corrected chi connectivity index (χ2v) is 7.72. The molecule has 1 unspecified atom stereocenters. The maximum Gasteiger partial charge on any atom is 0.237 e. The van der Waals surface area contributed by atoms with Crippen molar-refractivity contribution in [2.75, 3.05) is 0 Å². The van der Waals surface area contributed by atoms with Gasteiger partial charge in [-0.05, 0) is 38.3 Å². The van der Waals surface area contributed by atoms with Crippen molar-refractivity contribution in [2.45, 2.75) is 52.2 Å². The van der Waals surface area contributed by atoms with Crippen molar-refractivity contribution in [2.24, 2.45) is 12.8 Å². The normalized spacial score (nSPS) is 12.4. The average molecular weight is 467 g/mol. The first-order valence-electron chi connectivity index (χ1n) is 9.93. The Morgan fingerprint density at radius 3 is 2.45 bits per heavy atom. The molecule has 0 bridgehead atoms. The van der Waals surface area contributed by atoms with Crippen LogP contribution in [-0.2, 0) is 31.2 Å². The van der Waals surface area contributed by atoms with E-state index in [4.69, 9.17) is 5.73 Å². The number of hydrogen-bond donors (Lipinski definition) is 2. The Morgan fingerprint density at radius 2 is 1.84 bits per heavy atom. The van der Waals surface area contributed by atoms with E-state index in [0.717, 1.165) is 30.0 Å². The predicted octanol–water partition coefficient (Wildman–Crippen LogP) is 2.74. The van der Waals surface area contributed by atoms with E-state index in [1.54, 1.807) is 6.33 Å². The van der Waals surface area contributed by atoms with E-state index in [-0.39, 0.29) is 36.8 Å². The van der Waals surface area contributed by atoms with Crippen LogP contribution in [0.15, 0.2) is 42.9 Å². The van der Waals surface area contributed by atoms with E-state index < -0.39 is 6.04 Å². The van der Waals surface area contributed by atoms with Gasteiger partial charge in [0.2, 0.25) is 5.91 Å². The second-order valence-electron chi connectivity index (χ2n) is 7.72. The van der Waals surface area contributed by atoms with Crippen molar-refractivity contribution >= 4 is 30.7 Å². The van der Waals surface area contributed by atoms with Gasteiger partial charge in [-0.2, -0.15) is 5.10 Å². The molecule has 170 valence electrons. The van der Waals surface area contributed by atoms with Gasteiger partial charge in [-0.25, -0.2) is 4.98 Å². The SMILES string of the molecule is Cc1nn(C)c(C)c1CC(C)NC(=O)[C@@H](N)Cc1cn(Cc2ccccc2)cn1.Cl.Cl. The molecule has 0 saturated heterocycles. The zero-order chi connectivity index (χ0) is 21.0. The molecule has 2 heterocycles. The highest BCUT2D eigenvalue weighted by Gasteiger charge is 2.19. The Kier molecular flexibility index (Phi) is 10.2. The molecule has 0 aliphatic heterocycles. The van der Waals surface area contributed by atoms with Gasteiger partial charge in [-0.15, -0.1) is 24.8 Å². The average Bonchev–Trinajstić information content (AvgIpc) is 3.21. The molecule has 0 saturated carbocycles. The van der Waals surface area contributed by atoms with Crippen LogP contribution < -0.4 is 11.1 Å². The van der Waals surface area contributed by atoms with Gasteiger partial charge in [0, 0.05) is 37.9 Å². The minimum absolute atomic E-state index is 0. The smallest absolute Gasteiger partial charge is 0.237 e. The molecule has 9 heteroatoms. The van der Waals surface area contributed by atoms with Crippen LogP contribution in [0.2, 0.25) is 0 Å². The van der Waals surface area contributed by atoms with Crippen molar-refractivity contribution in [3.63, 3.8) is 0 Å². The zero-order valence-corrected chi connectivity index (χ0v) is 20.0. The number of amides is 1. The van der Waals surface area contributed by atoms with Gasteiger partial charge in [-0.3, -0.25) is 9.48 Å². The van der Waals surface area contributed by atoms with Gasteiger partial charge in [0.25, 0.3) is 0 Å². The van der Waals surface area contributed by atoms with Crippen LogP contribution in [0.4, 0.5) is 0 Å². The van der Waals surface area contributed by atoms with Crippen LogP contribution >= 0.6 is 24.8 Å². The number of nitrogens with zero attached hydrogens (tertiary/aromatic N) is 4. The van der Waals surface area contributed by atoms with Gasteiger partial charge in [0.15, 0.2) is 0 Å². The van der Waals surface area contributed by atoms with E-state index in [0.29, 0.717) is 6.42 Å². The Hall–Kier alpha value is -2.35. The first-order valence-corrected chi connectivity index (χ1v) is 9.93. The highest BCUT2D eigenvalue weighted by Crippen LogP contribution is 2.14. The molecule has 2 atom stereocenters. The van der Waals surface area contributed by atoms with Crippen molar-refractivity contribution in [3.05, 3.63) is 71.1 Å². The van der Waals surface area contributed by atoms with E-state index in [1.165, 1.54) is 11.1 Å². The maximum atomic E-state index is 12.5. The number of nitrogens with one attached hydrogen (secondary N) is 1. The third-order valence-corrected chi connectivity index (χ3v) is 5.22. The van der Waals surface area contributed by atoms with Crippen LogP contribution in [-0.4, -0.2) is 37.3 Å². The Bertz CT molecular complexity index is 970. The van der Waals surface area contributed by atoms with E-state index >= 15 is 0 Å². The summed E-state index contributed by atoms with van der Waals surface area (Å²) in [4.78, 5) is 16.9. The number of imidazole rings is 1. The minimum Gasteiger partial charge on any atom is -0.352 e. The van der Waals surface area contributed by atoms with Gasteiger partial charge in [0.1, 0.15) is 0 Å². The van der Waals surface area contributed by atoms with Gasteiger partial charge >= 0.3 is 0 Å². The summed E-state index contributed by atoms with van der Waals surface area (Å²) in [5.74, 6) is -0.158. The Morgan fingerprint density at radius 1 is 1.16 bits per heavy atom. The number of benzene rings is 1. The molecule has 1 amide bonds. The summed E-state index contributed by atoms with van der Waals surface area (Å²) >= 11 is 0. The molecule has 0 aliphatic rings. The molecule has 0 fully saturated rings. The van der Waals surface area contributed by atoms with Crippen molar-refractivity contribution in [3.8, 4) is 0 Å². The fourth-order valence-electron chi connectivity index (χ4n) is 3.53. The number of aromatic nitrogens is 4. The van der Waals surface area contributed by atoms with Crippen LogP contribution in [0.25, 0.3) is 0 Å². The highest BCUT2D eigenvalue weighted by atomic mass is 35.5. The summed E-state index contributed by atoms with van der Waals surface area (Å²) in [6.07, 6.45) is 4.87. The van der Waals surface area contributed by atoms with Gasteiger partial charge in [0.05, 0.1) is 23.8 Å². The monoisotopic (exact) mass is 466 g/mol. The van der Waals surface area contributed by atoms with Crippen molar-refractivity contribution in [1.82, 2.24) is 24.6 Å². The van der Waals surface area contributed by atoms with Crippen molar-refractivity contribution in [1.29, 1.82) is 0 Å². The molecule has 7 nitrogen and oxygen atoms in total. The number of nitrogens with two attached hydrogens (primary N) is 1. The minimum atomic E-state index is -0.631. The zero-order valence-electron chi connectivity index (χ0n) is 18.4. The lowest BCUT2D eigenvalue weighted by Gasteiger charge is -2.17. The molecule has 0 radical (unpaired) electrons. The summed E-state index contributed by atoms with van der Waals surface area (Å²) < 4.78 is 3.88. The summed E-state index contributed by atoms with van der Waals surface area (Å²) in [5, 5.41) is 7.46. The van der Waals surface area contributed by atoms with Gasteiger partial charge in [-0.1, -0.05) is 30.3 Å². The summed E-state index contributed by atoms with van der Waals surface area (Å²) in [6.45, 7) is 6.77. The van der Waals surface area contributed by atoms with Crippen LogP contribution in [0.5, 0.6) is 0 Å². The third-order valence-electron chi connectivity index (χ3n) is 5.22. The number of carbonyl (C=O) groups excluding carboxylic acids is 1. The first kappa shape index (κ1) is 26.7. The molecule has 1 aromatic carbocycles. The highest BCUT2D eigenvalue weighted by molar-refractivity contribution is 5.85. The number of halogens is 2. The van der Waals surface area contributed by atoms with E-state index in [2.05, 4.69) is 27.5 Å². The Labute approximate surface area is 196 Å². The maximum absolute atomic E-state index is 12.5. The van der Waals surface area contributed by atoms with Crippen LogP contribution in [0.3, 0.4) is 0 Å². The van der Waals surface area contributed by atoms with Crippen LogP contribution in [0.1, 0.15) is 35.1 Å². The van der Waals surface area contributed by atoms with E-state index in [1.807, 2.05) is 61.5 Å². The molecule has 0 aliphatic carbocycles. The molecule has 0 spiro atoms. The lowest BCUT2D eigenvalue weighted by molar-refractivity contribution is -0.122. The molecule has 3 rings (SSSR count). The van der Waals surface area contributed by atoms with Crippen LogP contribution in [0, 0.1) is 13.8 Å². The molecule has 3 aromatic rings. The lowest BCUT2D eigenvalue weighted by atomic mass is 10.0. The summed E-state index contributed by atoms with van der Waals surface area (Å²) in [7, 11) is 1.93. The summed E-state index contributed by atoms with van der Waals surface area (Å²) in [6, 6.07) is 9.53. The van der Waals surface area contributed by atoms with E-state index in [9.17, 15) is 4.79 Å². The quantitative estimate of drug-likeness (QED) is 0.533. The van der Waals surface area contributed by atoms with Gasteiger partial charge < -0.3 is 15.6 Å². The molecule has 2 aromatic heterocycles. The molecular weight excluding hydrogens is 435 g/mol. The van der Waals surface area contributed by atoms with Crippen molar-refractivity contribution < 1.29 is 4.79 Å². The number of rotatable bonds is 8. The lowest BCUT2D eigenvalue weighted by Crippen LogP contribution is -2.46. The number of carbonyl (C=O) groups is 1. The fraction of sp³-hybridized carbons (Fsp3) is 0.409. The largest absolute Gasteiger partial charge is 0.352 e. The summed E-state index contributed by atoms with van der Waals surface area (Å²) in [5.41, 5.74) is 11.5. The topological polar surface area (TPSA) is 90.8 Å². The predicted molar refractivity (Wildman–Crippen MR) is 128 cm³/mol. The standard InChI is InChI=1S/C22H30N6O.2ClH/c1-15(10-20-16(2)26-27(4)17(20)3)25-22(29)21(23)11-19-13-28(14-24-19)12-18-8-6-5-7-9-18;;/h5-9,13-15,21H,10-12,23H2,1-4H3,(H,25,29);2*1H/t15?,21-;;/m0../s1. The fourth-order valence-corrected chi connectivity index (χ4v) is 3.53. The number of hydrogen-bond acceptors (Lipinski definition) is 4. The number of aryl methyl sites for hydroxylation is 2. The second kappa shape index (κ2) is 11.9. The molecule has 31 heavy (non-hydrogen) atoms.